The molecule has 0 radical (unpaired) electrons. The Bertz CT molecular complexity index is 1120. The topological polar surface area (TPSA) is 83.6 Å². The van der Waals surface area contributed by atoms with Gasteiger partial charge in [-0.05, 0) is 49.4 Å². The number of fused-ring (bicyclic) bond motifs is 3. The van der Waals surface area contributed by atoms with Crippen molar-refractivity contribution in [2.24, 2.45) is 5.73 Å². The Balaban J connectivity index is 1.92. The van der Waals surface area contributed by atoms with Gasteiger partial charge in [-0.15, -0.1) is 0 Å². The summed E-state index contributed by atoms with van der Waals surface area (Å²) in [6.45, 7) is 2.67. The molecule has 1 aliphatic carbocycles. The van der Waals surface area contributed by atoms with Crippen LogP contribution < -0.4 is 10.5 Å². The van der Waals surface area contributed by atoms with Crippen LogP contribution in [0.25, 0.3) is 10.9 Å². The minimum Gasteiger partial charge on any atom is -0.424 e. The van der Waals surface area contributed by atoms with Gasteiger partial charge in [0.25, 0.3) is 0 Å². The first-order chi connectivity index (χ1) is 15.0. The molecule has 0 spiro atoms. The Morgan fingerprint density at radius 2 is 1.97 bits per heavy atom. The highest BCUT2D eigenvalue weighted by Gasteiger charge is 2.33. The number of ether oxygens (including phenoxy) is 2. The number of esters is 1. The van der Waals surface area contributed by atoms with Gasteiger partial charge in [0.2, 0.25) is 5.91 Å². The summed E-state index contributed by atoms with van der Waals surface area (Å²) in [5.74, 6) is -0.959. The van der Waals surface area contributed by atoms with Crippen LogP contribution in [-0.2, 0) is 27.3 Å². The van der Waals surface area contributed by atoms with Crippen molar-refractivity contribution in [1.82, 2.24) is 4.57 Å². The number of rotatable bonds is 7. The maximum Gasteiger partial charge on any atom is 0.337 e. The van der Waals surface area contributed by atoms with E-state index in [1.165, 1.54) is 0 Å². The summed E-state index contributed by atoms with van der Waals surface area (Å²) in [5.41, 5.74) is 9.49. The van der Waals surface area contributed by atoms with Gasteiger partial charge >= 0.3 is 5.97 Å². The average molecular weight is 441 g/mol. The van der Waals surface area contributed by atoms with E-state index < -0.39 is 11.9 Å². The molecule has 2 N–H and O–H groups in total. The van der Waals surface area contributed by atoms with Crippen LogP contribution in [0, 0.1) is 0 Å². The molecule has 1 aliphatic rings. The van der Waals surface area contributed by atoms with Gasteiger partial charge in [0.05, 0.1) is 16.5 Å². The van der Waals surface area contributed by atoms with E-state index in [-0.39, 0.29) is 12.5 Å². The number of carbonyl (C=O) groups is 2. The van der Waals surface area contributed by atoms with Crippen molar-refractivity contribution in [3.63, 3.8) is 0 Å². The fraction of sp³-hybridized carbons (Fsp3) is 0.333. The molecule has 0 saturated carbocycles. The summed E-state index contributed by atoms with van der Waals surface area (Å²) in [7, 11) is 0. The van der Waals surface area contributed by atoms with Gasteiger partial charge in [0.1, 0.15) is 12.4 Å². The van der Waals surface area contributed by atoms with Crippen LogP contribution in [0.1, 0.15) is 42.5 Å². The molecule has 1 heterocycles. The normalized spacial score (nSPS) is 15.6. The van der Waals surface area contributed by atoms with Gasteiger partial charge in [0, 0.05) is 24.2 Å². The van der Waals surface area contributed by atoms with E-state index in [0.29, 0.717) is 35.7 Å². The monoisotopic (exact) mass is 440 g/mol. The average Bonchev–Trinajstić information content (AvgIpc) is 3.10. The predicted octanol–water partition coefficient (Wildman–Crippen LogP) is 4.19. The summed E-state index contributed by atoms with van der Waals surface area (Å²) < 4.78 is 13.0. The molecule has 31 heavy (non-hydrogen) atoms. The molecule has 7 heteroatoms. The SMILES string of the molecule is CCOCC(=O)Oc1ccc(Cl)c2c1c1c(n2Cc2ccccc2)CCCC1C(N)=O. The van der Waals surface area contributed by atoms with Crippen LogP contribution in [0.2, 0.25) is 5.02 Å². The van der Waals surface area contributed by atoms with Crippen molar-refractivity contribution < 1.29 is 19.1 Å². The lowest BCUT2D eigenvalue weighted by molar-refractivity contribution is -0.139. The van der Waals surface area contributed by atoms with Crippen molar-refractivity contribution in [3.05, 3.63) is 64.3 Å². The summed E-state index contributed by atoms with van der Waals surface area (Å²) in [6, 6.07) is 13.4. The zero-order chi connectivity index (χ0) is 22.0. The van der Waals surface area contributed by atoms with E-state index in [4.69, 9.17) is 26.8 Å². The molecule has 3 aromatic rings. The molecular formula is C24H25ClN2O4. The number of hydrogen-bond donors (Lipinski definition) is 1. The Morgan fingerprint density at radius 1 is 1.19 bits per heavy atom. The van der Waals surface area contributed by atoms with Crippen LogP contribution in [-0.4, -0.2) is 29.7 Å². The molecule has 4 rings (SSSR count). The van der Waals surface area contributed by atoms with Crippen molar-refractivity contribution in [3.8, 4) is 5.75 Å². The third-order valence-electron chi connectivity index (χ3n) is 5.70. The van der Waals surface area contributed by atoms with Gasteiger partial charge in [-0.3, -0.25) is 4.79 Å². The minimum atomic E-state index is -0.499. The number of benzene rings is 2. The van der Waals surface area contributed by atoms with Crippen LogP contribution in [0.5, 0.6) is 5.75 Å². The number of primary amides is 1. The number of nitrogens with two attached hydrogens (primary N) is 1. The number of nitrogens with zero attached hydrogens (tertiary/aromatic N) is 1. The lowest BCUT2D eigenvalue weighted by Gasteiger charge is -2.22. The van der Waals surface area contributed by atoms with Crippen molar-refractivity contribution in [2.45, 2.75) is 38.6 Å². The molecule has 0 fully saturated rings. The maximum absolute atomic E-state index is 12.3. The highest BCUT2D eigenvalue weighted by Crippen LogP contribution is 2.45. The van der Waals surface area contributed by atoms with E-state index in [9.17, 15) is 9.59 Å². The third-order valence-corrected chi connectivity index (χ3v) is 6.00. The molecule has 0 saturated heterocycles. The number of aromatic nitrogens is 1. The highest BCUT2D eigenvalue weighted by molar-refractivity contribution is 6.35. The van der Waals surface area contributed by atoms with Gasteiger partial charge in [-0.1, -0.05) is 41.9 Å². The second-order valence-electron chi connectivity index (χ2n) is 7.66. The molecule has 1 atom stereocenters. The highest BCUT2D eigenvalue weighted by atomic mass is 35.5. The minimum absolute atomic E-state index is 0.146. The van der Waals surface area contributed by atoms with Gasteiger partial charge in [0.15, 0.2) is 0 Å². The number of amides is 1. The number of carbonyl (C=O) groups excluding carboxylic acids is 2. The molecule has 162 valence electrons. The third kappa shape index (κ3) is 4.18. The number of hydrogen-bond acceptors (Lipinski definition) is 4. The number of halogens is 1. The molecule has 2 aromatic carbocycles. The Morgan fingerprint density at radius 3 is 2.68 bits per heavy atom. The van der Waals surface area contributed by atoms with Crippen LogP contribution in [0.15, 0.2) is 42.5 Å². The van der Waals surface area contributed by atoms with E-state index in [2.05, 4.69) is 4.57 Å². The first kappa shape index (κ1) is 21.4. The summed E-state index contributed by atoms with van der Waals surface area (Å²) in [4.78, 5) is 24.6. The van der Waals surface area contributed by atoms with Crippen molar-refractivity contribution in [1.29, 1.82) is 0 Å². The van der Waals surface area contributed by atoms with Gasteiger partial charge in [-0.25, -0.2) is 4.79 Å². The summed E-state index contributed by atoms with van der Waals surface area (Å²) in [6.07, 6.45) is 2.30. The second-order valence-corrected chi connectivity index (χ2v) is 8.07. The molecule has 1 amide bonds. The van der Waals surface area contributed by atoms with Gasteiger partial charge in [-0.2, -0.15) is 0 Å². The molecule has 1 unspecified atom stereocenters. The predicted molar refractivity (Wildman–Crippen MR) is 119 cm³/mol. The van der Waals surface area contributed by atoms with Crippen molar-refractivity contribution >= 4 is 34.4 Å². The fourth-order valence-corrected chi connectivity index (χ4v) is 4.67. The molecule has 1 aromatic heterocycles. The molecular weight excluding hydrogens is 416 g/mol. The maximum atomic E-state index is 12.3. The van der Waals surface area contributed by atoms with E-state index in [0.717, 1.165) is 35.2 Å². The zero-order valence-electron chi connectivity index (χ0n) is 17.4. The summed E-state index contributed by atoms with van der Waals surface area (Å²) in [5, 5.41) is 1.22. The van der Waals surface area contributed by atoms with E-state index in [1.54, 1.807) is 12.1 Å². The largest absolute Gasteiger partial charge is 0.424 e. The zero-order valence-corrected chi connectivity index (χ0v) is 18.2. The summed E-state index contributed by atoms with van der Waals surface area (Å²) >= 11 is 6.67. The van der Waals surface area contributed by atoms with E-state index in [1.807, 2.05) is 37.3 Å². The Hall–Kier alpha value is -2.83. The van der Waals surface area contributed by atoms with Crippen molar-refractivity contribution in [2.75, 3.05) is 13.2 Å². The Labute approximate surface area is 185 Å². The lowest BCUT2D eigenvalue weighted by atomic mass is 9.84. The fourth-order valence-electron chi connectivity index (χ4n) is 4.41. The molecule has 6 nitrogen and oxygen atoms in total. The first-order valence-electron chi connectivity index (χ1n) is 10.5. The van der Waals surface area contributed by atoms with Crippen LogP contribution in [0.3, 0.4) is 0 Å². The quantitative estimate of drug-likeness (QED) is 0.441. The van der Waals surface area contributed by atoms with Crippen LogP contribution >= 0.6 is 11.6 Å². The smallest absolute Gasteiger partial charge is 0.337 e. The second kappa shape index (κ2) is 9.12. The van der Waals surface area contributed by atoms with Gasteiger partial charge < -0.3 is 19.8 Å². The standard InChI is InChI=1S/C24H25ClN2O4/c1-2-30-14-20(28)31-19-12-11-17(25)23-22(19)21-16(24(26)29)9-6-10-18(21)27(23)13-15-7-4-3-5-8-15/h3-5,7-8,11-12,16H,2,6,9-10,13-14H2,1H3,(H2,26,29). The molecule has 0 aliphatic heterocycles. The van der Waals surface area contributed by atoms with E-state index >= 15 is 0 Å². The first-order valence-corrected chi connectivity index (χ1v) is 10.8. The molecule has 0 bridgehead atoms. The van der Waals surface area contributed by atoms with Crippen LogP contribution in [0.4, 0.5) is 0 Å². The Kier molecular flexibility index (Phi) is 6.30. The lowest BCUT2D eigenvalue weighted by Crippen LogP contribution is -2.25.